The van der Waals surface area contributed by atoms with Gasteiger partial charge in [0.25, 0.3) is 0 Å². The Morgan fingerprint density at radius 3 is 2.85 bits per heavy atom. The molecule has 0 saturated heterocycles. The average Bonchev–Trinajstić information content (AvgIpc) is 2.81. The number of hydrogen-bond acceptors (Lipinski definition) is 3. The molecule has 3 rings (SSSR count). The molecule has 0 atom stereocenters. The largest absolute Gasteiger partial charge is 0.399 e. The molecule has 6 heteroatoms. The summed E-state index contributed by atoms with van der Waals surface area (Å²) in [6.45, 7) is 0. The van der Waals surface area contributed by atoms with Gasteiger partial charge in [0, 0.05) is 33.5 Å². The number of carbonyl (C=O) groups excluding carboxylic acids is 1. The number of nitrogens with zero attached hydrogens (tertiary/aromatic N) is 1. The van der Waals surface area contributed by atoms with Crippen LogP contribution in [0.3, 0.4) is 0 Å². The normalized spacial score (nSPS) is 10.9. The van der Waals surface area contributed by atoms with Crippen molar-refractivity contribution in [2.45, 2.75) is 0 Å². The number of hydrogen-bond donors (Lipinski definition) is 2. The second-order valence-electron chi connectivity index (χ2n) is 4.32. The Morgan fingerprint density at radius 2 is 2.10 bits per heavy atom. The Balaban J connectivity index is 2.15. The van der Waals surface area contributed by atoms with E-state index in [0.717, 1.165) is 10.5 Å². The highest BCUT2D eigenvalue weighted by Crippen LogP contribution is 2.24. The number of halogens is 2. The molecule has 0 aliphatic heterocycles. The highest BCUT2D eigenvalue weighted by molar-refractivity contribution is 9.10. The summed E-state index contributed by atoms with van der Waals surface area (Å²) in [5.41, 5.74) is 6.70. The van der Waals surface area contributed by atoms with Crippen molar-refractivity contribution in [3.8, 4) is 0 Å². The Bertz CT molecular complexity index is 828. The van der Waals surface area contributed by atoms with Gasteiger partial charge in [-0.25, -0.2) is 9.37 Å². The number of aromatic amines is 1. The van der Waals surface area contributed by atoms with E-state index in [1.54, 1.807) is 12.3 Å². The molecular weight excluding hydrogens is 325 g/mol. The van der Waals surface area contributed by atoms with Crippen LogP contribution in [0, 0.1) is 5.82 Å². The molecule has 20 heavy (non-hydrogen) atoms. The Labute approximate surface area is 121 Å². The summed E-state index contributed by atoms with van der Waals surface area (Å²) in [4.78, 5) is 19.5. The van der Waals surface area contributed by atoms with Gasteiger partial charge < -0.3 is 10.7 Å². The molecule has 0 saturated carbocycles. The SMILES string of the molecule is Nc1ccc(C(=O)c2c[nH]c3ncc(Br)cc23)c(F)c1. The topological polar surface area (TPSA) is 71.8 Å². The van der Waals surface area contributed by atoms with Gasteiger partial charge in [-0.05, 0) is 40.2 Å². The maximum absolute atomic E-state index is 13.8. The first-order valence-corrected chi connectivity index (χ1v) is 6.58. The number of ketones is 1. The van der Waals surface area contributed by atoms with Crippen LogP contribution in [0.1, 0.15) is 15.9 Å². The molecule has 100 valence electrons. The van der Waals surface area contributed by atoms with Gasteiger partial charge in [0.15, 0.2) is 5.78 Å². The lowest BCUT2D eigenvalue weighted by atomic mass is 10.0. The van der Waals surface area contributed by atoms with Crippen molar-refractivity contribution in [1.29, 1.82) is 0 Å². The molecule has 1 aromatic carbocycles. The second kappa shape index (κ2) is 4.72. The summed E-state index contributed by atoms with van der Waals surface area (Å²) in [5, 5.41) is 0.639. The smallest absolute Gasteiger partial charge is 0.198 e. The Kier molecular flexibility index (Phi) is 3.02. The second-order valence-corrected chi connectivity index (χ2v) is 5.24. The van der Waals surface area contributed by atoms with Crippen LogP contribution in [0.15, 0.2) is 41.1 Å². The van der Waals surface area contributed by atoms with Crippen LogP contribution in [0.5, 0.6) is 0 Å². The molecular formula is C14H9BrFN3O. The third kappa shape index (κ3) is 2.08. The van der Waals surface area contributed by atoms with Crippen molar-refractivity contribution < 1.29 is 9.18 Å². The Morgan fingerprint density at radius 1 is 1.30 bits per heavy atom. The van der Waals surface area contributed by atoms with Crippen LogP contribution in [-0.2, 0) is 0 Å². The van der Waals surface area contributed by atoms with Gasteiger partial charge >= 0.3 is 0 Å². The minimum atomic E-state index is -0.632. The van der Waals surface area contributed by atoms with Gasteiger partial charge in [0.1, 0.15) is 11.5 Å². The van der Waals surface area contributed by atoms with E-state index in [-0.39, 0.29) is 11.3 Å². The van der Waals surface area contributed by atoms with E-state index in [4.69, 9.17) is 5.73 Å². The zero-order valence-corrected chi connectivity index (χ0v) is 11.7. The van der Waals surface area contributed by atoms with Crippen molar-refractivity contribution in [3.05, 3.63) is 58.1 Å². The third-order valence-corrected chi connectivity index (χ3v) is 3.41. The lowest BCUT2D eigenvalue weighted by Gasteiger charge is -2.03. The van der Waals surface area contributed by atoms with Crippen LogP contribution in [0.4, 0.5) is 10.1 Å². The first kappa shape index (κ1) is 12.8. The van der Waals surface area contributed by atoms with E-state index in [1.165, 1.54) is 18.3 Å². The first-order chi connectivity index (χ1) is 9.56. The fraction of sp³-hybridized carbons (Fsp3) is 0. The number of nitrogens with one attached hydrogen (secondary N) is 1. The molecule has 2 aromatic heterocycles. The lowest BCUT2D eigenvalue weighted by Crippen LogP contribution is -2.04. The number of rotatable bonds is 2. The van der Waals surface area contributed by atoms with E-state index >= 15 is 0 Å². The van der Waals surface area contributed by atoms with Crippen LogP contribution >= 0.6 is 15.9 Å². The quantitative estimate of drug-likeness (QED) is 0.558. The van der Waals surface area contributed by atoms with Gasteiger partial charge in [0.05, 0.1) is 5.56 Å². The van der Waals surface area contributed by atoms with Crippen molar-refractivity contribution in [2.75, 3.05) is 5.73 Å². The highest BCUT2D eigenvalue weighted by Gasteiger charge is 2.18. The molecule has 0 unspecified atom stereocenters. The van der Waals surface area contributed by atoms with Crippen LogP contribution < -0.4 is 5.73 Å². The number of carbonyl (C=O) groups is 1. The molecule has 3 N–H and O–H groups in total. The Hall–Kier alpha value is -2.21. The van der Waals surface area contributed by atoms with Gasteiger partial charge in [-0.15, -0.1) is 0 Å². The lowest BCUT2D eigenvalue weighted by molar-refractivity contribution is 0.103. The van der Waals surface area contributed by atoms with Gasteiger partial charge in [0.2, 0.25) is 0 Å². The minimum Gasteiger partial charge on any atom is -0.399 e. The summed E-state index contributed by atoms with van der Waals surface area (Å²) in [6, 6.07) is 5.79. The summed E-state index contributed by atoms with van der Waals surface area (Å²) in [7, 11) is 0. The van der Waals surface area contributed by atoms with Crippen molar-refractivity contribution in [3.63, 3.8) is 0 Å². The molecule has 0 bridgehead atoms. The highest BCUT2D eigenvalue weighted by atomic mass is 79.9. The number of nitrogen functional groups attached to an aromatic ring is 1. The molecule has 0 aliphatic carbocycles. The average molecular weight is 334 g/mol. The molecule has 0 aliphatic rings. The monoisotopic (exact) mass is 333 g/mol. The van der Waals surface area contributed by atoms with Crippen molar-refractivity contribution in [2.24, 2.45) is 0 Å². The minimum absolute atomic E-state index is 0.0138. The molecule has 0 amide bonds. The maximum atomic E-state index is 13.8. The van der Waals surface area contributed by atoms with Gasteiger partial charge in [-0.1, -0.05) is 0 Å². The maximum Gasteiger partial charge on any atom is 0.198 e. The number of benzene rings is 1. The standard InChI is InChI=1S/C14H9BrFN3O/c15-7-3-10-11(6-19-14(10)18-5-7)13(20)9-2-1-8(17)4-12(9)16/h1-6H,17H2,(H,18,19). The molecule has 0 fully saturated rings. The van der Waals surface area contributed by atoms with Crippen LogP contribution in [-0.4, -0.2) is 15.8 Å². The van der Waals surface area contributed by atoms with Gasteiger partial charge in [-0.3, -0.25) is 4.79 Å². The third-order valence-electron chi connectivity index (χ3n) is 2.98. The number of pyridine rings is 1. The summed E-state index contributed by atoms with van der Waals surface area (Å²) in [6.07, 6.45) is 3.15. The molecule has 0 radical (unpaired) electrons. The molecule has 4 nitrogen and oxygen atoms in total. The predicted octanol–water partition coefficient (Wildman–Crippen LogP) is 3.28. The fourth-order valence-electron chi connectivity index (χ4n) is 2.03. The van der Waals surface area contributed by atoms with E-state index in [1.807, 2.05) is 0 Å². The van der Waals surface area contributed by atoms with E-state index < -0.39 is 11.6 Å². The van der Waals surface area contributed by atoms with E-state index in [2.05, 4.69) is 25.9 Å². The number of nitrogens with two attached hydrogens (primary N) is 1. The van der Waals surface area contributed by atoms with E-state index in [0.29, 0.717) is 16.6 Å². The number of aromatic nitrogens is 2. The molecule has 2 heterocycles. The first-order valence-electron chi connectivity index (χ1n) is 5.78. The zero-order chi connectivity index (χ0) is 14.3. The number of H-pyrrole nitrogens is 1. The van der Waals surface area contributed by atoms with Crippen molar-refractivity contribution >= 4 is 38.4 Å². The summed E-state index contributed by atoms with van der Waals surface area (Å²) < 4.78 is 14.6. The molecule has 0 spiro atoms. The van der Waals surface area contributed by atoms with E-state index in [9.17, 15) is 9.18 Å². The van der Waals surface area contributed by atoms with Crippen molar-refractivity contribution in [1.82, 2.24) is 9.97 Å². The summed E-state index contributed by atoms with van der Waals surface area (Å²) >= 11 is 3.30. The molecule has 3 aromatic rings. The van der Waals surface area contributed by atoms with Gasteiger partial charge in [-0.2, -0.15) is 0 Å². The zero-order valence-electron chi connectivity index (χ0n) is 10.2. The number of fused-ring (bicyclic) bond motifs is 1. The fourth-order valence-corrected chi connectivity index (χ4v) is 2.36. The summed E-state index contributed by atoms with van der Waals surface area (Å²) in [5.74, 6) is -1.04. The van der Waals surface area contributed by atoms with Crippen LogP contribution in [0.2, 0.25) is 0 Å². The predicted molar refractivity (Wildman–Crippen MR) is 78.0 cm³/mol. The van der Waals surface area contributed by atoms with Crippen LogP contribution in [0.25, 0.3) is 11.0 Å². The number of anilines is 1.